The second kappa shape index (κ2) is 6.10. The molecule has 104 valence electrons. The molecule has 0 aliphatic heterocycles. The average Bonchev–Trinajstić information content (AvgIpc) is 2.42. The second-order valence-corrected chi connectivity index (χ2v) is 4.58. The molecule has 0 saturated heterocycles. The first-order valence-corrected chi connectivity index (χ1v) is 6.54. The van der Waals surface area contributed by atoms with Crippen LogP contribution in [0, 0.1) is 0 Å². The van der Waals surface area contributed by atoms with Crippen molar-refractivity contribution in [2.24, 2.45) is 0 Å². The van der Waals surface area contributed by atoms with Gasteiger partial charge in [-0.1, -0.05) is 12.1 Å². The quantitative estimate of drug-likeness (QED) is 0.839. The summed E-state index contributed by atoms with van der Waals surface area (Å²) in [6, 6.07) is 14.0. The number of amides is 1. The highest BCUT2D eigenvalue weighted by molar-refractivity contribution is 5.94. The van der Waals surface area contributed by atoms with Crippen LogP contribution in [-0.4, -0.2) is 17.6 Å². The Morgan fingerprint density at radius 1 is 1.20 bits per heavy atom. The van der Waals surface area contributed by atoms with Gasteiger partial charge in [0, 0.05) is 17.9 Å². The molecule has 0 radical (unpaired) electrons. The fourth-order valence-electron chi connectivity index (χ4n) is 2.09. The summed E-state index contributed by atoms with van der Waals surface area (Å²) < 4.78 is 0. The van der Waals surface area contributed by atoms with E-state index in [2.05, 4.69) is 0 Å². The van der Waals surface area contributed by atoms with Crippen LogP contribution < -0.4 is 10.6 Å². The molecule has 0 aliphatic carbocycles. The molecule has 0 spiro atoms. The van der Waals surface area contributed by atoms with Crippen molar-refractivity contribution in [2.75, 3.05) is 17.2 Å². The molecule has 0 saturated carbocycles. The number of likely N-dealkylation sites (N-methyl/N-ethyl adjacent to an activating group) is 1. The number of hydrogen-bond donors (Lipinski definition) is 2. The summed E-state index contributed by atoms with van der Waals surface area (Å²) in [6.45, 7) is 2.51. The van der Waals surface area contributed by atoms with Crippen molar-refractivity contribution in [3.05, 3.63) is 54.1 Å². The molecular formula is C16H18N2O2. The molecule has 0 aromatic heterocycles. The lowest BCUT2D eigenvalue weighted by atomic mass is 10.1. The monoisotopic (exact) mass is 270 g/mol. The maximum Gasteiger partial charge on any atom is 0.231 e. The first-order valence-electron chi connectivity index (χ1n) is 6.54. The third-order valence-electron chi connectivity index (χ3n) is 3.09. The van der Waals surface area contributed by atoms with E-state index in [0.717, 1.165) is 11.3 Å². The summed E-state index contributed by atoms with van der Waals surface area (Å²) in [5.41, 5.74) is 7.95. The maximum atomic E-state index is 12.4. The Morgan fingerprint density at radius 3 is 2.50 bits per heavy atom. The Bertz CT molecular complexity index is 594. The van der Waals surface area contributed by atoms with Crippen LogP contribution in [0.15, 0.2) is 48.5 Å². The second-order valence-electron chi connectivity index (χ2n) is 4.58. The molecule has 2 rings (SSSR count). The van der Waals surface area contributed by atoms with Gasteiger partial charge in [-0.3, -0.25) is 4.79 Å². The molecule has 0 aliphatic rings. The number of aromatic hydroxyl groups is 1. The molecule has 2 aromatic rings. The van der Waals surface area contributed by atoms with Crippen LogP contribution in [0.2, 0.25) is 0 Å². The largest absolute Gasteiger partial charge is 0.508 e. The topological polar surface area (TPSA) is 66.6 Å². The molecule has 0 unspecified atom stereocenters. The SMILES string of the molecule is CCN(C(=O)Cc1cccc(O)c1)c1ccc(N)cc1. The van der Waals surface area contributed by atoms with Crippen molar-refractivity contribution in [1.82, 2.24) is 0 Å². The van der Waals surface area contributed by atoms with Crippen molar-refractivity contribution in [2.45, 2.75) is 13.3 Å². The Kier molecular flexibility index (Phi) is 4.25. The van der Waals surface area contributed by atoms with E-state index < -0.39 is 0 Å². The van der Waals surface area contributed by atoms with Crippen LogP contribution in [0.4, 0.5) is 11.4 Å². The van der Waals surface area contributed by atoms with Crippen molar-refractivity contribution in [3.8, 4) is 5.75 Å². The fourth-order valence-corrected chi connectivity index (χ4v) is 2.09. The average molecular weight is 270 g/mol. The number of carbonyl (C=O) groups excluding carboxylic acids is 1. The van der Waals surface area contributed by atoms with Gasteiger partial charge in [0.2, 0.25) is 5.91 Å². The lowest BCUT2D eigenvalue weighted by Gasteiger charge is -2.21. The Balaban J connectivity index is 2.15. The van der Waals surface area contributed by atoms with Crippen molar-refractivity contribution >= 4 is 17.3 Å². The smallest absolute Gasteiger partial charge is 0.231 e. The minimum Gasteiger partial charge on any atom is -0.508 e. The van der Waals surface area contributed by atoms with Gasteiger partial charge in [0.05, 0.1) is 6.42 Å². The molecule has 0 heterocycles. The lowest BCUT2D eigenvalue weighted by molar-refractivity contribution is -0.117. The number of benzene rings is 2. The summed E-state index contributed by atoms with van der Waals surface area (Å²) in [5.74, 6) is 0.161. The summed E-state index contributed by atoms with van der Waals surface area (Å²) in [6.07, 6.45) is 0.257. The van der Waals surface area contributed by atoms with Crippen LogP contribution in [0.5, 0.6) is 5.75 Å². The first kappa shape index (κ1) is 13.9. The molecule has 4 heteroatoms. The van der Waals surface area contributed by atoms with Gasteiger partial charge in [0.1, 0.15) is 5.75 Å². The minimum atomic E-state index is -0.0112. The Hall–Kier alpha value is -2.49. The van der Waals surface area contributed by atoms with Crippen molar-refractivity contribution < 1.29 is 9.90 Å². The van der Waals surface area contributed by atoms with E-state index in [1.54, 1.807) is 35.2 Å². The molecule has 4 nitrogen and oxygen atoms in total. The lowest BCUT2D eigenvalue weighted by Crippen LogP contribution is -2.31. The van der Waals surface area contributed by atoms with Crippen LogP contribution in [0.3, 0.4) is 0 Å². The van der Waals surface area contributed by atoms with Gasteiger partial charge in [0.25, 0.3) is 0 Å². The van der Waals surface area contributed by atoms with Gasteiger partial charge in [-0.25, -0.2) is 0 Å². The van der Waals surface area contributed by atoms with E-state index in [9.17, 15) is 9.90 Å². The predicted molar refractivity (Wildman–Crippen MR) is 80.7 cm³/mol. The standard InChI is InChI=1S/C16H18N2O2/c1-2-18(14-8-6-13(17)7-9-14)16(20)11-12-4-3-5-15(19)10-12/h3-10,19H,2,11,17H2,1H3. The molecule has 3 N–H and O–H groups in total. The molecule has 1 amide bonds. The zero-order valence-electron chi connectivity index (χ0n) is 11.4. The number of nitrogens with zero attached hydrogens (tertiary/aromatic N) is 1. The molecule has 0 bridgehead atoms. The normalized spacial score (nSPS) is 10.2. The van der Waals surface area contributed by atoms with E-state index >= 15 is 0 Å². The predicted octanol–water partition coefficient (Wildman–Crippen LogP) is 2.57. The highest BCUT2D eigenvalue weighted by Gasteiger charge is 2.14. The van der Waals surface area contributed by atoms with E-state index in [-0.39, 0.29) is 18.1 Å². The number of carbonyl (C=O) groups is 1. The van der Waals surface area contributed by atoms with Crippen molar-refractivity contribution in [3.63, 3.8) is 0 Å². The maximum absolute atomic E-state index is 12.4. The summed E-state index contributed by atoms with van der Waals surface area (Å²) in [7, 11) is 0. The van der Waals surface area contributed by atoms with Crippen molar-refractivity contribution in [1.29, 1.82) is 0 Å². The molecule has 0 atom stereocenters. The van der Waals surface area contributed by atoms with Gasteiger partial charge in [-0.15, -0.1) is 0 Å². The van der Waals surface area contributed by atoms with Gasteiger partial charge >= 0.3 is 0 Å². The van der Waals surface area contributed by atoms with E-state index in [1.807, 2.05) is 25.1 Å². The molecule has 2 aromatic carbocycles. The Labute approximate surface area is 118 Å². The van der Waals surface area contributed by atoms with Gasteiger partial charge in [-0.05, 0) is 48.9 Å². The van der Waals surface area contributed by atoms with Crippen LogP contribution >= 0.6 is 0 Å². The highest BCUT2D eigenvalue weighted by Crippen LogP contribution is 2.18. The number of anilines is 2. The number of phenols is 1. The summed E-state index contributed by atoms with van der Waals surface area (Å²) >= 11 is 0. The van der Waals surface area contributed by atoms with E-state index in [4.69, 9.17) is 5.73 Å². The van der Waals surface area contributed by atoms with Crippen LogP contribution in [0.1, 0.15) is 12.5 Å². The van der Waals surface area contributed by atoms with Gasteiger partial charge < -0.3 is 15.7 Å². The third-order valence-corrected chi connectivity index (χ3v) is 3.09. The van der Waals surface area contributed by atoms with Gasteiger partial charge in [0.15, 0.2) is 0 Å². The molecular weight excluding hydrogens is 252 g/mol. The van der Waals surface area contributed by atoms with E-state index in [0.29, 0.717) is 12.2 Å². The number of nitrogens with two attached hydrogens (primary N) is 1. The van der Waals surface area contributed by atoms with E-state index in [1.165, 1.54) is 0 Å². The van der Waals surface area contributed by atoms with Gasteiger partial charge in [-0.2, -0.15) is 0 Å². The number of hydrogen-bond acceptors (Lipinski definition) is 3. The minimum absolute atomic E-state index is 0.0112. The number of phenolic OH excluding ortho intramolecular Hbond substituents is 1. The number of nitrogen functional groups attached to an aromatic ring is 1. The zero-order valence-corrected chi connectivity index (χ0v) is 11.4. The first-order chi connectivity index (χ1) is 9.60. The molecule has 0 fully saturated rings. The third kappa shape index (κ3) is 3.29. The highest BCUT2D eigenvalue weighted by atomic mass is 16.3. The summed E-state index contributed by atoms with van der Waals surface area (Å²) in [5, 5.41) is 9.43. The fraction of sp³-hybridized carbons (Fsp3) is 0.188. The summed E-state index contributed by atoms with van der Waals surface area (Å²) in [4.78, 5) is 14.1. The molecule has 20 heavy (non-hydrogen) atoms. The zero-order chi connectivity index (χ0) is 14.5. The van der Waals surface area contributed by atoms with Crippen LogP contribution in [0.25, 0.3) is 0 Å². The number of rotatable bonds is 4. The van der Waals surface area contributed by atoms with Crippen LogP contribution in [-0.2, 0) is 11.2 Å². The Morgan fingerprint density at radius 2 is 1.90 bits per heavy atom.